The summed E-state index contributed by atoms with van der Waals surface area (Å²) in [5, 5.41) is 10.5. The summed E-state index contributed by atoms with van der Waals surface area (Å²) in [6.45, 7) is 4.02. The summed E-state index contributed by atoms with van der Waals surface area (Å²) < 4.78 is 20.9. The summed E-state index contributed by atoms with van der Waals surface area (Å²) in [4.78, 5) is 16.2. The molecule has 1 aromatic carbocycles. The third-order valence-corrected chi connectivity index (χ3v) is 4.16. The van der Waals surface area contributed by atoms with E-state index >= 15 is 0 Å². The van der Waals surface area contributed by atoms with Gasteiger partial charge in [0.1, 0.15) is 17.3 Å². The molecule has 0 saturated carbocycles. The van der Waals surface area contributed by atoms with E-state index in [1.165, 1.54) is 0 Å². The fraction of sp³-hybridized carbons (Fsp3) is 0.368. The Morgan fingerprint density at radius 2 is 1.86 bits per heavy atom. The number of hydrogen-bond acceptors (Lipinski definition) is 8. The fourth-order valence-electron chi connectivity index (χ4n) is 2.60. The lowest BCUT2D eigenvalue weighted by Crippen LogP contribution is -2.23. The molecular formula is C19H22N4O5. The van der Waals surface area contributed by atoms with Crippen LogP contribution in [0.15, 0.2) is 33.3 Å². The van der Waals surface area contributed by atoms with Gasteiger partial charge in [0, 0.05) is 12.0 Å². The molecule has 0 saturated heterocycles. The zero-order valence-electron chi connectivity index (χ0n) is 16.0. The second kappa shape index (κ2) is 9.03. The lowest BCUT2D eigenvalue weighted by Gasteiger charge is -2.04. The third-order valence-electron chi connectivity index (χ3n) is 4.16. The van der Waals surface area contributed by atoms with Gasteiger partial charge < -0.3 is 23.8 Å². The zero-order chi connectivity index (χ0) is 19.9. The van der Waals surface area contributed by atoms with E-state index in [0.717, 1.165) is 22.8 Å². The van der Waals surface area contributed by atoms with Gasteiger partial charge in [0.15, 0.2) is 6.61 Å². The number of nitrogens with one attached hydrogen (secondary N) is 1. The van der Waals surface area contributed by atoms with Crippen LogP contribution in [0.5, 0.6) is 11.5 Å². The fourth-order valence-corrected chi connectivity index (χ4v) is 2.60. The molecule has 3 aromatic rings. The van der Waals surface area contributed by atoms with E-state index in [1.54, 1.807) is 31.4 Å². The maximum atomic E-state index is 12.0. The van der Waals surface area contributed by atoms with Crippen LogP contribution in [0.25, 0.3) is 0 Å². The summed E-state index contributed by atoms with van der Waals surface area (Å²) in [6, 6.07) is 7.18. The highest BCUT2D eigenvalue weighted by Crippen LogP contribution is 2.18. The van der Waals surface area contributed by atoms with Crippen molar-refractivity contribution in [2.45, 2.75) is 39.8 Å². The molecule has 9 heteroatoms. The molecule has 0 radical (unpaired) electrons. The minimum Gasteiger partial charge on any atom is -0.497 e. The molecule has 0 fully saturated rings. The van der Waals surface area contributed by atoms with Gasteiger partial charge in [-0.15, -0.1) is 0 Å². The number of ether oxygens (including phenoxy) is 2. The number of rotatable bonds is 9. The third kappa shape index (κ3) is 5.09. The van der Waals surface area contributed by atoms with E-state index in [4.69, 9.17) is 18.5 Å². The van der Waals surface area contributed by atoms with Crippen molar-refractivity contribution in [3.8, 4) is 11.5 Å². The van der Waals surface area contributed by atoms with Crippen LogP contribution in [-0.2, 0) is 24.4 Å². The Bertz CT molecular complexity index is 897. The van der Waals surface area contributed by atoms with Gasteiger partial charge in [-0.1, -0.05) is 10.3 Å². The van der Waals surface area contributed by atoms with Gasteiger partial charge in [-0.05, 0) is 44.5 Å². The Kier molecular flexibility index (Phi) is 6.25. The number of amides is 1. The average molecular weight is 386 g/mol. The molecule has 0 aliphatic carbocycles. The van der Waals surface area contributed by atoms with E-state index < -0.39 is 0 Å². The summed E-state index contributed by atoms with van der Waals surface area (Å²) in [6.07, 6.45) is 0.891. The van der Waals surface area contributed by atoms with E-state index in [9.17, 15) is 4.79 Å². The smallest absolute Gasteiger partial charge is 0.246 e. The van der Waals surface area contributed by atoms with E-state index in [0.29, 0.717) is 30.3 Å². The van der Waals surface area contributed by atoms with Crippen molar-refractivity contribution in [1.29, 1.82) is 0 Å². The molecule has 1 amide bonds. The molecule has 2 aromatic heterocycles. The molecule has 0 aliphatic rings. The summed E-state index contributed by atoms with van der Waals surface area (Å²) in [7, 11) is 1.60. The molecule has 0 spiro atoms. The Morgan fingerprint density at radius 3 is 2.54 bits per heavy atom. The predicted molar refractivity (Wildman–Crippen MR) is 97.8 cm³/mol. The quantitative estimate of drug-likeness (QED) is 0.597. The first-order valence-corrected chi connectivity index (χ1v) is 8.82. The van der Waals surface area contributed by atoms with Crippen molar-refractivity contribution >= 4 is 5.91 Å². The summed E-state index contributed by atoms with van der Waals surface area (Å²) in [5.74, 6) is 2.76. The van der Waals surface area contributed by atoms with Crippen molar-refractivity contribution in [3.05, 3.63) is 53.0 Å². The molecule has 1 N–H and O–H groups in total. The van der Waals surface area contributed by atoms with Crippen LogP contribution < -0.4 is 14.8 Å². The minimum absolute atomic E-state index is 0.116. The number of aromatic nitrogens is 3. The standard InChI is InChI=1S/C19H22N4O5/c1-12-16(13(2)27-22-12)8-9-18(24)20-10-19-21-17(23-28-19)11-26-15-6-4-14(25-3)5-7-15/h4-7H,8-11H2,1-3H3,(H,20,24). The molecule has 0 unspecified atom stereocenters. The van der Waals surface area contributed by atoms with Gasteiger partial charge in [0.05, 0.1) is 19.3 Å². The van der Waals surface area contributed by atoms with Crippen LogP contribution >= 0.6 is 0 Å². The number of aryl methyl sites for hydroxylation is 2. The van der Waals surface area contributed by atoms with Crippen LogP contribution in [-0.4, -0.2) is 28.3 Å². The lowest BCUT2D eigenvalue weighted by molar-refractivity contribution is -0.121. The van der Waals surface area contributed by atoms with Crippen molar-refractivity contribution in [1.82, 2.24) is 20.6 Å². The monoisotopic (exact) mass is 386 g/mol. The van der Waals surface area contributed by atoms with Crippen molar-refractivity contribution < 1.29 is 23.3 Å². The number of benzene rings is 1. The highest BCUT2D eigenvalue weighted by molar-refractivity contribution is 5.76. The summed E-state index contributed by atoms with van der Waals surface area (Å²) in [5.41, 5.74) is 1.77. The number of nitrogens with zero attached hydrogens (tertiary/aromatic N) is 3. The second-order valence-electron chi connectivity index (χ2n) is 6.15. The van der Waals surface area contributed by atoms with Gasteiger partial charge in [0.25, 0.3) is 0 Å². The number of methoxy groups -OCH3 is 1. The van der Waals surface area contributed by atoms with E-state index in [1.807, 2.05) is 13.8 Å². The first-order valence-electron chi connectivity index (χ1n) is 8.82. The predicted octanol–water partition coefficient (Wildman–Crippen LogP) is 2.51. The maximum absolute atomic E-state index is 12.0. The largest absolute Gasteiger partial charge is 0.497 e. The molecule has 3 rings (SSSR count). The van der Waals surface area contributed by atoms with Crippen LogP contribution in [0.1, 0.15) is 35.2 Å². The van der Waals surface area contributed by atoms with E-state index in [2.05, 4.69) is 20.6 Å². The molecule has 0 atom stereocenters. The molecule has 28 heavy (non-hydrogen) atoms. The van der Waals surface area contributed by atoms with Gasteiger partial charge in [-0.3, -0.25) is 4.79 Å². The molecular weight excluding hydrogens is 364 g/mol. The van der Waals surface area contributed by atoms with Gasteiger partial charge in [0.2, 0.25) is 17.6 Å². The Labute approximate surface area is 162 Å². The highest BCUT2D eigenvalue weighted by Gasteiger charge is 2.12. The zero-order valence-corrected chi connectivity index (χ0v) is 16.0. The Hall–Kier alpha value is -3.36. The van der Waals surface area contributed by atoms with Gasteiger partial charge in [-0.2, -0.15) is 4.98 Å². The SMILES string of the molecule is COc1ccc(OCc2noc(CNC(=O)CCc3c(C)noc3C)n2)cc1. The summed E-state index contributed by atoms with van der Waals surface area (Å²) >= 11 is 0. The molecule has 0 aliphatic heterocycles. The minimum atomic E-state index is -0.116. The van der Waals surface area contributed by atoms with Gasteiger partial charge >= 0.3 is 0 Å². The highest BCUT2D eigenvalue weighted by atomic mass is 16.5. The normalized spacial score (nSPS) is 10.7. The first-order chi connectivity index (χ1) is 13.5. The van der Waals surface area contributed by atoms with Crippen LogP contribution in [0.4, 0.5) is 0 Å². The maximum Gasteiger partial charge on any atom is 0.246 e. The second-order valence-corrected chi connectivity index (χ2v) is 6.15. The molecule has 9 nitrogen and oxygen atoms in total. The Morgan fingerprint density at radius 1 is 1.11 bits per heavy atom. The lowest BCUT2D eigenvalue weighted by atomic mass is 10.1. The molecule has 0 bridgehead atoms. The topological polar surface area (TPSA) is 113 Å². The molecule has 2 heterocycles. The van der Waals surface area contributed by atoms with Crippen molar-refractivity contribution in [2.75, 3.05) is 7.11 Å². The number of carbonyl (C=O) groups excluding carboxylic acids is 1. The van der Waals surface area contributed by atoms with Crippen LogP contribution in [0.2, 0.25) is 0 Å². The van der Waals surface area contributed by atoms with Crippen LogP contribution in [0.3, 0.4) is 0 Å². The van der Waals surface area contributed by atoms with Gasteiger partial charge in [-0.25, -0.2) is 0 Å². The Balaban J connectivity index is 1.42. The van der Waals surface area contributed by atoms with Crippen molar-refractivity contribution in [3.63, 3.8) is 0 Å². The average Bonchev–Trinajstić information content (AvgIpc) is 3.30. The van der Waals surface area contributed by atoms with E-state index in [-0.39, 0.29) is 19.1 Å². The number of hydrogen-bond donors (Lipinski definition) is 1. The first kappa shape index (κ1) is 19.4. The number of carbonyl (C=O) groups is 1. The van der Waals surface area contributed by atoms with Crippen LogP contribution in [0, 0.1) is 13.8 Å². The van der Waals surface area contributed by atoms with Crippen molar-refractivity contribution in [2.24, 2.45) is 0 Å². The molecule has 148 valence electrons.